The predicted octanol–water partition coefficient (Wildman–Crippen LogP) is 0.0626. The van der Waals surface area contributed by atoms with E-state index in [0.717, 1.165) is 19.5 Å². The lowest BCUT2D eigenvalue weighted by Gasteiger charge is -2.23. The molecule has 1 aliphatic rings. The quantitative estimate of drug-likeness (QED) is 0.605. The third-order valence-corrected chi connectivity index (χ3v) is 2.54. The van der Waals surface area contributed by atoms with Gasteiger partial charge in [0.1, 0.15) is 6.42 Å². The molecule has 72 valence electrons. The van der Waals surface area contributed by atoms with Gasteiger partial charge >= 0.3 is 0 Å². The van der Waals surface area contributed by atoms with Gasteiger partial charge in [-0.1, -0.05) is 0 Å². The van der Waals surface area contributed by atoms with Crippen LogP contribution in [0, 0.1) is 11.3 Å². The molecular formula is C9H15N3O. The Labute approximate surface area is 78.7 Å². The van der Waals surface area contributed by atoms with Crippen molar-refractivity contribution in [1.29, 1.82) is 5.26 Å². The van der Waals surface area contributed by atoms with Gasteiger partial charge in [-0.3, -0.25) is 4.79 Å². The first-order chi connectivity index (χ1) is 6.15. The summed E-state index contributed by atoms with van der Waals surface area (Å²) in [5, 5.41) is 8.37. The Morgan fingerprint density at radius 2 is 2.46 bits per heavy atom. The number of nitriles is 1. The van der Waals surface area contributed by atoms with Gasteiger partial charge in [0.25, 0.3) is 0 Å². The Morgan fingerprint density at radius 3 is 2.92 bits per heavy atom. The third kappa shape index (κ3) is 2.43. The van der Waals surface area contributed by atoms with Crippen LogP contribution >= 0.6 is 0 Å². The van der Waals surface area contributed by atoms with E-state index in [0.29, 0.717) is 6.04 Å². The maximum absolute atomic E-state index is 11.3. The lowest BCUT2D eigenvalue weighted by Crippen LogP contribution is -2.38. The first-order valence-corrected chi connectivity index (χ1v) is 4.46. The normalized spacial score (nSPS) is 22.7. The summed E-state index contributed by atoms with van der Waals surface area (Å²) in [7, 11) is 3.83. The van der Waals surface area contributed by atoms with Gasteiger partial charge < -0.3 is 9.80 Å². The van der Waals surface area contributed by atoms with Crippen LogP contribution in [0.3, 0.4) is 0 Å². The smallest absolute Gasteiger partial charge is 0.236 e. The van der Waals surface area contributed by atoms with Crippen LogP contribution in [0.5, 0.6) is 0 Å². The van der Waals surface area contributed by atoms with Gasteiger partial charge in [-0.25, -0.2) is 0 Å². The Balaban J connectivity index is 2.44. The number of hydrogen-bond acceptors (Lipinski definition) is 3. The second-order valence-electron chi connectivity index (χ2n) is 3.54. The summed E-state index contributed by atoms with van der Waals surface area (Å²) in [5.41, 5.74) is 0. The second-order valence-corrected chi connectivity index (χ2v) is 3.54. The number of amides is 1. The summed E-state index contributed by atoms with van der Waals surface area (Å²) in [4.78, 5) is 15.2. The zero-order chi connectivity index (χ0) is 9.84. The minimum Gasteiger partial charge on any atom is -0.341 e. The number of hydrogen-bond donors (Lipinski definition) is 0. The highest BCUT2D eigenvalue weighted by molar-refractivity contribution is 5.78. The Kier molecular flexibility index (Phi) is 3.26. The fraction of sp³-hybridized carbons (Fsp3) is 0.778. The molecule has 1 atom stereocenters. The fourth-order valence-electron chi connectivity index (χ4n) is 1.62. The molecule has 1 rings (SSSR count). The molecule has 1 saturated heterocycles. The molecule has 0 aromatic heterocycles. The Bertz CT molecular complexity index is 234. The first kappa shape index (κ1) is 10.0. The molecule has 0 aliphatic carbocycles. The van der Waals surface area contributed by atoms with Crippen molar-refractivity contribution in [3.63, 3.8) is 0 Å². The molecule has 4 heteroatoms. The van der Waals surface area contributed by atoms with Crippen LogP contribution in [-0.4, -0.2) is 48.9 Å². The standard InChI is InChI=1S/C9H15N3O/c1-11-6-4-8(7-11)12(2)9(13)3-5-10/h8H,3-4,6-7H2,1-2H3. The van der Waals surface area contributed by atoms with Crippen molar-refractivity contribution in [2.45, 2.75) is 18.9 Å². The average Bonchev–Trinajstić information content (AvgIpc) is 2.51. The van der Waals surface area contributed by atoms with E-state index >= 15 is 0 Å². The number of carbonyl (C=O) groups excluding carboxylic acids is 1. The Hall–Kier alpha value is -1.08. The van der Waals surface area contributed by atoms with E-state index in [1.807, 2.05) is 13.1 Å². The topological polar surface area (TPSA) is 47.3 Å². The largest absolute Gasteiger partial charge is 0.341 e. The van der Waals surface area contributed by atoms with Crippen molar-refractivity contribution in [3.8, 4) is 6.07 Å². The molecular weight excluding hydrogens is 166 g/mol. The van der Waals surface area contributed by atoms with E-state index < -0.39 is 0 Å². The number of rotatable bonds is 2. The SMILES string of the molecule is CN1CCC(N(C)C(=O)CC#N)C1. The van der Waals surface area contributed by atoms with E-state index in [2.05, 4.69) is 4.90 Å². The molecule has 0 spiro atoms. The van der Waals surface area contributed by atoms with E-state index in [4.69, 9.17) is 5.26 Å². The van der Waals surface area contributed by atoms with E-state index in [1.54, 1.807) is 11.9 Å². The van der Waals surface area contributed by atoms with Crippen LogP contribution in [0.15, 0.2) is 0 Å². The van der Waals surface area contributed by atoms with Gasteiger partial charge in [0, 0.05) is 19.6 Å². The fourth-order valence-corrected chi connectivity index (χ4v) is 1.62. The molecule has 1 unspecified atom stereocenters. The summed E-state index contributed by atoms with van der Waals surface area (Å²) < 4.78 is 0. The van der Waals surface area contributed by atoms with Crippen molar-refractivity contribution in [2.75, 3.05) is 27.2 Å². The molecule has 1 heterocycles. The van der Waals surface area contributed by atoms with E-state index in [9.17, 15) is 4.79 Å². The maximum atomic E-state index is 11.3. The molecule has 0 saturated carbocycles. The number of carbonyl (C=O) groups is 1. The van der Waals surface area contributed by atoms with Crippen molar-refractivity contribution in [3.05, 3.63) is 0 Å². The third-order valence-electron chi connectivity index (χ3n) is 2.54. The summed E-state index contributed by atoms with van der Waals surface area (Å²) in [6, 6.07) is 2.18. The van der Waals surface area contributed by atoms with Crippen molar-refractivity contribution in [2.24, 2.45) is 0 Å². The number of nitrogens with zero attached hydrogens (tertiary/aromatic N) is 3. The van der Waals surface area contributed by atoms with Crippen molar-refractivity contribution in [1.82, 2.24) is 9.80 Å². The lowest BCUT2D eigenvalue weighted by molar-refractivity contribution is -0.130. The van der Waals surface area contributed by atoms with Gasteiger partial charge in [-0.15, -0.1) is 0 Å². The Morgan fingerprint density at radius 1 is 1.77 bits per heavy atom. The highest BCUT2D eigenvalue weighted by atomic mass is 16.2. The van der Waals surface area contributed by atoms with E-state index in [1.165, 1.54) is 0 Å². The molecule has 1 fully saturated rings. The minimum absolute atomic E-state index is 0.00326. The lowest BCUT2D eigenvalue weighted by atomic mass is 10.2. The highest BCUT2D eigenvalue weighted by Crippen LogP contribution is 2.12. The van der Waals surface area contributed by atoms with Crippen LogP contribution in [0.25, 0.3) is 0 Å². The molecule has 0 bridgehead atoms. The predicted molar refractivity (Wildman–Crippen MR) is 48.9 cm³/mol. The van der Waals surface area contributed by atoms with Crippen LogP contribution < -0.4 is 0 Å². The molecule has 1 aliphatic heterocycles. The van der Waals surface area contributed by atoms with E-state index in [-0.39, 0.29) is 12.3 Å². The summed E-state index contributed by atoms with van der Waals surface area (Å²) in [5.74, 6) is -0.0669. The van der Waals surface area contributed by atoms with Crippen molar-refractivity contribution < 1.29 is 4.79 Å². The second kappa shape index (κ2) is 4.24. The van der Waals surface area contributed by atoms with Gasteiger partial charge in [0.2, 0.25) is 5.91 Å². The van der Waals surface area contributed by atoms with Crippen LogP contribution in [0.2, 0.25) is 0 Å². The molecule has 0 aromatic carbocycles. The van der Waals surface area contributed by atoms with Crippen LogP contribution in [0.4, 0.5) is 0 Å². The van der Waals surface area contributed by atoms with Gasteiger partial charge in [-0.2, -0.15) is 5.26 Å². The number of likely N-dealkylation sites (N-methyl/N-ethyl adjacent to an activating group) is 2. The average molecular weight is 181 g/mol. The monoisotopic (exact) mass is 181 g/mol. The molecule has 13 heavy (non-hydrogen) atoms. The molecule has 1 amide bonds. The molecule has 0 radical (unpaired) electrons. The summed E-state index contributed by atoms with van der Waals surface area (Å²) >= 11 is 0. The minimum atomic E-state index is -0.0669. The highest BCUT2D eigenvalue weighted by Gasteiger charge is 2.25. The summed E-state index contributed by atoms with van der Waals surface area (Å²) in [6.45, 7) is 1.96. The zero-order valence-corrected chi connectivity index (χ0v) is 8.16. The summed E-state index contributed by atoms with van der Waals surface area (Å²) in [6.07, 6.45) is 1.01. The van der Waals surface area contributed by atoms with Gasteiger partial charge in [0.05, 0.1) is 6.07 Å². The molecule has 0 aromatic rings. The van der Waals surface area contributed by atoms with Crippen LogP contribution in [0.1, 0.15) is 12.8 Å². The van der Waals surface area contributed by atoms with Crippen LogP contribution in [-0.2, 0) is 4.79 Å². The molecule has 0 N–H and O–H groups in total. The van der Waals surface area contributed by atoms with Gasteiger partial charge in [0.15, 0.2) is 0 Å². The van der Waals surface area contributed by atoms with Crippen molar-refractivity contribution >= 4 is 5.91 Å². The zero-order valence-electron chi connectivity index (χ0n) is 8.16. The first-order valence-electron chi connectivity index (χ1n) is 4.46. The molecule has 4 nitrogen and oxygen atoms in total. The van der Waals surface area contributed by atoms with Gasteiger partial charge in [-0.05, 0) is 20.0 Å². The maximum Gasteiger partial charge on any atom is 0.236 e. The number of likely N-dealkylation sites (tertiary alicyclic amines) is 1.